The van der Waals surface area contributed by atoms with Crippen molar-refractivity contribution in [1.82, 2.24) is 10.2 Å². The largest absolute Gasteiger partial charge is 0.394 e. The highest BCUT2D eigenvalue weighted by molar-refractivity contribution is 5.74. The number of ether oxygens (including phenoxy) is 1. The third-order valence-electron chi connectivity index (χ3n) is 2.34. The summed E-state index contributed by atoms with van der Waals surface area (Å²) in [6.07, 6.45) is 0.666. The Balaban J connectivity index is 2.42. The van der Waals surface area contributed by atoms with E-state index >= 15 is 0 Å². The maximum absolute atomic E-state index is 11.6. The summed E-state index contributed by atoms with van der Waals surface area (Å²) in [4.78, 5) is 13.3. The molecule has 1 rings (SSSR count). The van der Waals surface area contributed by atoms with Gasteiger partial charge in [-0.15, -0.1) is 0 Å². The molecule has 1 fully saturated rings. The summed E-state index contributed by atoms with van der Waals surface area (Å²) in [5.74, 6) is 0. The Bertz CT molecular complexity index is 211. The maximum Gasteiger partial charge on any atom is 0.317 e. The van der Waals surface area contributed by atoms with Crippen molar-refractivity contribution in [1.29, 1.82) is 0 Å². The molecule has 0 bridgehead atoms. The quantitative estimate of drug-likeness (QED) is 0.708. The second-order valence-electron chi connectivity index (χ2n) is 3.89. The van der Waals surface area contributed by atoms with Crippen LogP contribution >= 0.6 is 0 Å². The molecule has 15 heavy (non-hydrogen) atoms. The van der Waals surface area contributed by atoms with E-state index in [-0.39, 0.29) is 24.8 Å². The van der Waals surface area contributed by atoms with E-state index in [0.29, 0.717) is 19.6 Å². The molecule has 2 N–H and O–H groups in total. The van der Waals surface area contributed by atoms with Crippen LogP contribution in [0, 0.1) is 0 Å². The van der Waals surface area contributed by atoms with Gasteiger partial charge >= 0.3 is 6.03 Å². The number of morpholine rings is 1. The Hall–Kier alpha value is -0.810. The summed E-state index contributed by atoms with van der Waals surface area (Å²) in [6, 6.07) is -0.0644. The van der Waals surface area contributed by atoms with Crippen LogP contribution in [0.15, 0.2) is 0 Å². The number of carbonyl (C=O) groups excluding carboxylic acids is 1. The fraction of sp³-hybridized carbons (Fsp3) is 0.900. The van der Waals surface area contributed by atoms with Crippen molar-refractivity contribution in [3.63, 3.8) is 0 Å². The first-order chi connectivity index (χ1) is 7.17. The Labute approximate surface area is 90.4 Å². The van der Waals surface area contributed by atoms with E-state index in [1.807, 2.05) is 13.8 Å². The average Bonchev–Trinajstić information content (AvgIpc) is 2.24. The van der Waals surface area contributed by atoms with Crippen LogP contribution in [0.5, 0.6) is 0 Å². The molecule has 0 aromatic carbocycles. The molecule has 5 heteroatoms. The summed E-state index contributed by atoms with van der Waals surface area (Å²) in [7, 11) is 0. The van der Waals surface area contributed by atoms with Gasteiger partial charge in [-0.2, -0.15) is 0 Å². The molecule has 2 amide bonds. The van der Waals surface area contributed by atoms with Gasteiger partial charge < -0.3 is 20.1 Å². The highest BCUT2D eigenvalue weighted by Gasteiger charge is 2.27. The molecule has 88 valence electrons. The van der Waals surface area contributed by atoms with Crippen molar-refractivity contribution in [3.05, 3.63) is 0 Å². The summed E-state index contributed by atoms with van der Waals surface area (Å²) in [5, 5.41) is 11.8. The first-order valence-electron chi connectivity index (χ1n) is 5.46. The van der Waals surface area contributed by atoms with Crippen molar-refractivity contribution in [2.24, 2.45) is 0 Å². The van der Waals surface area contributed by atoms with E-state index in [1.54, 1.807) is 4.90 Å². The van der Waals surface area contributed by atoms with E-state index in [0.717, 1.165) is 6.42 Å². The smallest absolute Gasteiger partial charge is 0.317 e. The van der Waals surface area contributed by atoms with Crippen LogP contribution in [-0.2, 0) is 4.74 Å². The van der Waals surface area contributed by atoms with E-state index < -0.39 is 0 Å². The monoisotopic (exact) mass is 216 g/mol. The molecule has 1 saturated heterocycles. The molecule has 5 nitrogen and oxygen atoms in total. The van der Waals surface area contributed by atoms with E-state index in [4.69, 9.17) is 9.84 Å². The zero-order valence-corrected chi connectivity index (χ0v) is 9.40. The lowest BCUT2D eigenvalue weighted by Crippen LogP contribution is -2.53. The number of hydrogen-bond acceptors (Lipinski definition) is 3. The van der Waals surface area contributed by atoms with Crippen LogP contribution in [0.1, 0.15) is 20.3 Å². The van der Waals surface area contributed by atoms with Gasteiger partial charge in [-0.05, 0) is 13.3 Å². The van der Waals surface area contributed by atoms with Gasteiger partial charge in [0.25, 0.3) is 0 Å². The minimum atomic E-state index is -0.249. The van der Waals surface area contributed by atoms with Crippen LogP contribution in [0.25, 0.3) is 0 Å². The Kier molecular flexibility index (Phi) is 4.84. The van der Waals surface area contributed by atoms with Gasteiger partial charge in [-0.25, -0.2) is 4.79 Å². The number of nitrogens with zero attached hydrogens (tertiary/aromatic N) is 1. The van der Waals surface area contributed by atoms with Gasteiger partial charge in [0.2, 0.25) is 0 Å². The van der Waals surface area contributed by atoms with Crippen LogP contribution < -0.4 is 5.32 Å². The third kappa shape index (κ3) is 3.68. The number of nitrogens with one attached hydrogen (secondary N) is 1. The molecule has 0 aromatic rings. The number of aliphatic hydroxyl groups is 1. The second-order valence-corrected chi connectivity index (χ2v) is 3.89. The van der Waals surface area contributed by atoms with Crippen molar-refractivity contribution in [2.75, 3.05) is 26.2 Å². The normalized spacial score (nSPS) is 26.5. The summed E-state index contributed by atoms with van der Waals surface area (Å²) < 4.78 is 5.45. The highest BCUT2D eigenvalue weighted by Crippen LogP contribution is 2.10. The molecule has 0 spiro atoms. The van der Waals surface area contributed by atoms with Crippen LogP contribution in [0.2, 0.25) is 0 Å². The minimum absolute atomic E-state index is 0.0109. The molecule has 0 aromatic heterocycles. The van der Waals surface area contributed by atoms with Gasteiger partial charge in [-0.1, -0.05) is 6.92 Å². The Morgan fingerprint density at radius 3 is 2.93 bits per heavy atom. The van der Waals surface area contributed by atoms with Gasteiger partial charge in [0.15, 0.2) is 0 Å². The fourth-order valence-corrected chi connectivity index (χ4v) is 1.66. The summed E-state index contributed by atoms with van der Waals surface area (Å²) in [5.41, 5.74) is 0. The molecule has 2 unspecified atom stereocenters. The molecule has 1 aliphatic rings. The van der Waals surface area contributed by atoms with Crippen molar-refractivity contribution in [2.45, 2.75) is 32.5 Å². The fourth-order valence-electron chi connectivity index (χ4n) is 1.66. The molecule has 1 heterocycles. The van der Waals surface area contributed by atoms with Gasteiger partial charge in [-0.3, -0.25) is 0 Å². The first-order valence-corrected chi connectivity index (χ1v) is 5.46. The van der Waals surface area contributed by atoms with Crippen molar-refractivity contribution >= 4 is 6.03 Å². The number of hydrogen-bond donors (Lipinski definition) is 2. The molecule has 0 saturated carbocycles. The lowest BCUT2D eigenvalue weighted by Gasteiger charge is -2.35. The van der Waals surface area contributed by atoms with Crippen molar-refractivity contribution < 1.29 is 14.6 Å². The molecule has 2 atom stereocenters. The number of rotatable bonds is 3. The minimum Gasteiger partial charge on any atom is -0.394 e. The molecule has 0 aliphatic carbocycles. The molecular formula is C10H20N2O3. The van der Waals surface area contributed by atoms with Crippen LogP contribution in [-0.4, -0.2) is 54.5 Å². The third-order valence-corrected chi connectivity index (χ3v) is 2.34. The predicted molar refractivity (Wildman–Crippen MR) is 56.7 cm³/mol. The Morgan fingerprint density at radius 2 is 2.33 bits per heavy atom. The van der Waals surface area contributed by atoms with E-state index in [2.05, 4.69) is 5.32 Å². The lowest BCUT2D eigenvalue weighted by molar-refractivity contribution is -0.0833. The second kappa shape index (κ2) is 5.92. The van der Waals surface area contributed by atoms with Crippen LogP contribution in [0.3, 0.4) is 0 Å². The van der Waals surface area contributed by atoms with E-state index in [1.165, 1.54) is 0 Å². The lowest BCUT2D eigenvalue weighted by atomic mass is 10.2. The number of amides is 2. The topological polar surface area (TPSA) is 61.8 Å². The van der Waals surface area contributed by atoms with E-state index in [9.17, 15) is 4.79 Å². The Morgan fingerprint density at radius 1 is 1.60 bits per heavy atom. The average molecular weight is 216 g/mol. The molecule has 0 radical (unpaired) electrons. The molecular weight excluding hydrogens is 196 g/mol. The first kappa shape index (κ1) is 12.3. The number of urea groups is 1. The van der Waals surface area contributed by atoms with Gasteiger partial charge in [0.05, 0.1) is 25.4 Å². The standard InChI is InChI=1S/C10H20N2O3/c1-3-4-11-10(14)12-5-8(2)15-9(6-12)7-13/h8-9,13H,3-7H2,1-2H3,(H,11,14). The SMILES string of the molecule is CCCNC(=O)N1CC(C)OC(CO)C1. The van der Waals surface area contributed by atoms with Gasteiger partial charge in [0, 0.05) is 13.1 Å². The maximum atomic E-state index is 11.6. The van der Waals surface area contributed by atoms with Crippen molar-refractivity contribution in [3.8, 4) is 0 Å². The zero-order valence-electron chi connectivity index (χ0n) is 9.40. The number of aliphatic hydroxyl groups excluding tert-OH is 1. The van der Waals surface area contributed by atoms with Crippen LogP contribution in [0.4, 0.5) is 4.79 Å². The summed E-state index contributed by atoms with van der Waals surface area (Å²) >= 11 is 0. The van der Waals surface area contributed by atoms with Gasteiger partial charge in [0.1, 0.15) is 0 Å². The predicted octanol–water partition coefficient (Wildman–Crippen LogP) is 0.188. The number of carbonyl (C=O) groups is 1. The highest BCUT2D eigenvalue weighted by atomic mass is 16.5. The summed E-state index contributed by atoms with van der Waals surface area (Å²) in [6.45, 7) is 5.62. The zero-order chi connectivity index (χ0) is 11.3. The molecule has 1 aliphatic heterocycles.